The number of fused-ring (bicyclic) bond motifs is 1. The number of carbonyl (C=O) groups excluding carboxylic acids is 1. The van der Waals surface area contributed by atoms with Crippen molar-refractivity contribution in [2.24, 2.45) is 0 Å². The van der Waals surface area contributed by atoms with Gasteiger partial charge < -0.3 is 20.0 Å². The van der Waals surface area contributed by atoms with Crippen LogP contribution in [0.15, 0.2) is 42.7 Å². The van der Waals surface area contributed by atoms with Crippen LogP contribution in [0.2, 0.25) is 0 Å². The fourth-order valence-corrected chi connectivity index (χ4v) is 7.74. The number of nitrogens with zero attached hydrogens (tertiary/aromatic N) is 7. The Labute approximate surface area is 308 Å². The predicted octanol–water partition coefficient (Wildman–Crippen LogP) is 9.44. The molecule has 0 aliphatic carbocycles. The second-order valence-electron chi connectivity index (χ2n) is 14.1. The van der Waals surface area contributed by atoms with E-state index in [1.54, 1.807) is 17.5 Å². The van der Waals surface area contributed by atoms with Crippen molar-refractivity contribution in [1.29, 1.82) is 0 Å². The van der Waals surface area contributed by atoms with Crippen molar-refractivity contribution >= 4 is 44.4 Å². The first-order valence-electron chi connectivity index (χ1n) is 19.2. The highest BCUT2D eigenvalue weighted by Crippen LogP contribution is 2.32. The van der Waals surface area contributed by atoms with Crippen LogP contribution < -0.4 is 10.2 Å². The number of halogens is 1. The van der Waals surface area contributed by atoms with E-state index in [1.165, 1.54) is 70.4 Å². The summed E-state index contributed by atoms with van der Waals surface area (Å²) in [5.41, 5.74) is 2.66. The molecule has 11 heteroatoms. The second-order valence-corrected chi connectivity index (χ2v) is 15.1. The zero-order valence-electron chi connectivity index (χ0n) is 31.2. The Morgan fingerprint density at radius 1 is 0.863 bits per heavy atom. The van der Waals surface area contributed by atoms with Gasteiger partial charge in [-0.1, -0.05) is 114 Å². The number of pyridine rings is 1. The summed E-state index contributed by atoms with van der Waals surface area (Å²) in [6.07, 6.45) is 19.3. The van der Waals surface area contributed by atoms with E-state index in [2.05, 4.69) is 44.0 Å². The minimum Gasteiger partial charge on any atom is -0.354 e. The number of aromatic nitrogens is 4. The molecule has 0 radical (unpaired) electrons. The van der Waals surface area contributed by atoms with Crippen LogP contribution in [0, 0.1) is 5.82 Å². The first-order chi connectivity index (χ1) is 24.9. The van der Waals surface area contributed by atoms with Crippen LogP contribution in [0.25, 0.3) is 21.5 Å². The molecule has 0 bridgehead atoms. The molecule has 1 N–H and O–H groups in total. The molecule has 1 saturated heterocycles. The standard InChI is InChI=1S/C40H57FN8OS/c1-5-7-8-9-10-11-12-13-14-15-16-17-18-32(38(50)49-25-23-48(6-2)24-26-49)31-20-22-36(42-28-31)45-39-43-29-33(41)37(46-39)30-19-21-34-35(27-30)51-40(44-34)47(3)4/h19-22,27-29,32H,5-18,23-26H2,1-4H3,(H,42,43,45,46). The molecular weight excluding hydrogens is 660 g/mol. The van der Waals surface area contributed by atoms with E-state index in [1.807, 2.05) is 54.2 Å². The summed E-state index contributed by atoms with van der Waals surface area (Å²) in [4.78, 5) is 38.3. The molecular formula is C40H57FN8OS. The number of unbranched alkanes of at least 4 members (excludes halogenated alkanes) is 11. The number of thiazole rings is 1. The normalized spacial score (nSPS) is 14.3. The van der Waals surface area contributed by atoms with Crippen LogP contribution in [-0.4, -0.2) is 82.5 Å². The molecule has 9 nitrogen and oxygen atoms in total. The van der Waals surface area contributed by atoms with Crippen molar-refractivity contribution in [2.45, 2.75) is 103 Å². The summed E-state index contributed by atoms with van der Waals surface area (Å²) < 4.78 is 15.9. The Morgan fingerprint density at radius 2 is 1.55 bits per heavy atom. The van der Waals surface area contributed by atoms with Crippen molar-refractivity contribution in [2.75, 3.05) is 57.0 Å². The molecule has 1 fully saturated rings. The van der Waals surface area contributed by atoms with Crippen molar-refractivity contribution in [3.8, 4) is 11.3 Å². The van der Waals surface area contributed by atoms with E-state index in [9.17, 15) is 9.18 Å². The van der Waals surface area contributed by atoms with Gasteiger partial charge in [-0.3, -0.25) is 4.79 Å². The summed E-state index contributed by atoms with van der Waals surface area (Å²) in [6, 6.07) is 9.50. The van der Waals surface area contributed by atoms with Crippen LogP contribution in [0.5, 0.6) is 0 Å². The van der Waals surface area contributed by atoms with Gasteiger partial charge in [0.05, 0.1) is 22.3 Å². The summed E-state index contributed by atoms with van der Waals surface area (Å²) in [7, 11) is 3.90. The lowest BCUT2D eigenvalue weighted by molar-refractivity contribution is -0.134. The molecule has 3 aromatic heterocycles. The first-order valence-corrected chi connectivity index (χ1v) is 20.0. The molecule has 1 amide bonds. The van der Waals surface area contributed by atoms with Crippen molar-refractivity contribution in [3.63, 3.8) is 0 Å². The van der Waals surface area contributed by atoms with Crippen LogP contribution in [0.4, 0.5) is 21.3 Å². The SMILES string of the molecule is CCCCCCCCCCCCCCC(C(=O)N1CCN(CC)CC1)c1ccc(Nc2ncc(F)c(-c3ccc4nc(N(C)C)sc4c3)n2)nc1. The maximum absolute atomic E-state index is 15.0. The van der Waals surface area contributed by atoms with Crippen molar-refractivity contribution in [3.05, 3.63) is 54.1 Å². The number of rotatable bonds is 20. The summed E-state index contributed by atoms with van der Waals surface area (Å²) in [5.74, 6) is 0.282. The fourth-order valence-electron chi connectivity index (χ4n) is 6.81. The summed E-state index contributed by atoms with van der Waals surface area (Å²) >= 11 is 1.55. The summed E-state index contributed by atoms with van der Waals surface area (Å²) in [6.45, 7) is 8.84. The van der Waals surface area contributed by atoms with Gasteiger partial charge in [0.1, 0.15) is 11.5 Å². The fraction of sp³-hybridized carbons (Fsp3) is 0.575. The maximum Gasteiger partial charge on any atom is 0.230 e. The molecule has 1 unspecified atom stereocenters. The molecule has 0 spiro atoms. The van der Waals surface area contributed by atoms with Gasteiger partial charge in [-0.25, -0.2) is 24.3 Å². The lowest BCUT2D eigenvalue weighted by Gasteiger charge is -2.36. The average molecular weight is 717 g/mol. The molecule has 1 aliphatic heterocycles. The molecule has 1 aliphatic rings. The van der Waals surface area contributed by atoms with Gasteiger partial charge in [-0.05, 0) is 36.7 Å². The Balaban J connectivity index is 1.20. The number of carbonyl (C=O) groups is 1. The zero-order valence-corrected chi connectivity index (χ0v) is 32.0. The van der Waals surface area contributed by atoms with Crippen LogP contribution in [-0.2, 0) is 4.79 Å². The van der Waals surface area contributed by atoms with E-state index in [4.69, 9.17) is 0 Å². The molecule has 1 aromatic carbocycles. The number of hydrogen-bond donors (Lipinski definition) is 1. The Bertz CT molecular complexity index is 1650. The highest BCUT2D eigenvalue weighted by Gasteiger charge is 2.28. The molecule has 51 heavy (non-hydrogen) atoms. The van der Waals surface area contributed by atoms with Gasteiger partial charge in [0, 0.05) is 52.0 Å². The van der Waals surface area contributed by atoms with Crippen LogP contribution >= 0.6 is 11.3 Å². The van der Waals surface area contributed by atoms with Gasteiger partial charge in [-0.2, -0.15) is 0 Å². The lowest BCUT2D eigenvalue weighted by Crippen LogP contribution is -2.49. The van der Waals surface area contributed by atoms with E-state index in [0.717, 1.165) is 72.9 Å². The molecule has 5 rings (SSSR count). The topological polar surface area (TPSA) is 90.4 Å². The monoisotopic (exact) mass is 716 g/mol. The van der Waals surface area contributed by atoms with Crippen molar-refractivity contribution < 1.29 is 9.18 Å². The molecule has 1 atom stereocenters. The highest BCUT2D eigenvalue weighted by atomic mass is 32.1. The lowest BCUT2D eigenvalue weighted by atomic mass is 9.92. The van der Waals surface area contributed by atoms with Crippen LogP contribution in [0.3, 0.4) is 0 Å². The quantitative estimate of drug-likeness (QED) is 0.0906. The predicted molar refractivity (Wildman–Crippen MR) is 210 cm³/mol. The van der Waals surface area contributed by atoms with Crippen molar-refractivity contribution in [1.82, 2.24) is 29.7 Å². The number of benzene rings is 1. The third kappa shape index (κ3) is 11.1. The minimum absolute atomic E-state index is 0.207. The Morgan fingerprint density at radius 3 is 2.18 bits per heavy atom. The number of nitrogens with one attached hydrogen (secondary N) is 1. The largest absolute Gasteiger partial charge is 0.354 e. The van der Waals surface area contributed by atoms with E-state index in [-0.39, 0.29) is 23.5 Å². The van der Waals surface area contributed by atoms with Gasteiger partial charge >= 0.3 is 0 Å². The van der Waals surface area contributed by atoms with E-state index < -0.39 is 5.82 Å². The number of hydrogen-bond acceptors (Lipinski definition) is 9. The van der Waals surface area contributed by atoms with Crippen LogP contribution in [0.1, 0.15) is 109 Å². The third-order valence-electron chi connectivity index (χ3n) is 9.98. The maximum atomic E-state index is 15.0. The van der Waals surface area contributed by atoms with Gasteiger partial charge in [-0.15, -0.1) is 0 Å². The van der Waals surface area contributed by atoms with Gasteiger partial charge in [0.2, 0.25) is 11.9 Å². The zero-order chi connectivity index (χ0) is 36.0. The number of likely N-dealkylation sites (N-methyl/N-ethyl adjacent to an activating group) is 1. The smallest absolute Gasteiger partial charge is 0.230 e. The highest BCUT2D eigenvalue weighted by molar-refractivity contribution is 7.22. The molecule has 276 valence electrons. The minimum atomic E-state index is -0.500. The van der Waals surface area contributed by atoms with Gasteiger partial charge in [0.15, 0.2) is 10.9 Å². The summed E-state index contributed by atoms with van der Waals surface area (Å²) in [5, 5.41) is 4.03. The average Bonchev–Trinajstić information content (AvgIpc) is 3.59. The molecule has 4 aromatic rings. The Kier molecular flexibility index (Phi) is 14.9. The second kappa shape index (κ2) is 19.8. The molecule has 4 heterocycles. The number of anilines is 3. The third-order valence-corrected chi connectivity index (χ3v) is 11.2. The Hall–Kier alpha value is -3.70. The first kappa shape index (κ1) is 38.5. The van der Waals surface area contributed by atoms with E-state index >= 15 is 0 Å². The number of piperazine rings is 1. The van der Waals surface area contributed by atoms with Gasteiger partial charge in [0.25, 0.3) is 0 Å². The van der Waals surface area contributed by atoms with E-state index in [0.29, 0.717) is 11.4 Å². The number of amides is 1. The molecule has 0 saturated carbocycles.